The van der Waals surface area contributed by atoms with E-state index in [1.165, 1.54) is 16.9 Å². The second-order valence-corrected chi connectivity index (χ2v) is 5.62. The van der Waals surface area contributed by atoms with Crippen molar-refractivity contribution in [1.29, 1.82) is 0 Å². The average molecular weight is 290 g/mol. The summed E-state index contributed by atoms with van der Waals surface area (Å²) in [6, 6.07) is 9.40. The number of benzene rings is 1. The molecule has 0 fully saturated rings. The quantitative estimate of drug-likeness (QED) is 0.655. The Hall–Kier alpha value is -2.01. The van der Waals surface area contributed by atoms with E-state index in [1.54, 1.807) is 29.5 Å². The van der Waals surface area contributed by atoms with Crippen molar-refractivity contribution in [3.8, 4) is 0 Å². The number of ether oxygens (including phenoxy) is 1. The zero-order chi connectivity index (χ0) is 14.5. The first-order chi connectivity index (χ1) is 9.63. The van der Waals surface area contributed by atoms with Gasteiger partial charge in [-0.15, -0.1) is 11.3 Å². The van der Waals surface area contributed by atoms with Gasteiger partial charge in [0.15, 0.2) is 0 Å². The zero-order valence-electron chi connectivity index (χ0n) is 11.6. The minimum absolute atomic E-state index is 0.380. The fourth-order valence-electron chi connectivity index (χ4n) is 1.86. The second-order valence-electron chi connectivity index (χ2n) is 4.37. The van der Waals surface area contributed by atoms with Crippen LogP contribution in [0.2, 0.25) is 0 Å². The van der Waals surface area contributed by atoms with Crippen LogP contribution in [0.25, 0.3) is 0 Å². The number of hydrogen-bond donors (Lipinski definition) is 2. The molecule has 0 unspecified atom stereocenters. The van der Waals surface area contributed by atoms with Crippen LogP contribution >= 0.6 is 11.3 Å². The molecule has 2 aromatic rings. The molecule has 0 aliphatic rings. The van der Waals surface area contributed by atoms with Crippen molar-refractivity contribution in [2.75, 3.05) is 18.2 Å². The van der Waals surface area contributed by atoms with Crippen LogP contribution in [0.1, 0.15) is 27.0 Å². The van der Waals surface area contributed by atoms with E-state index in [0.717, 1.165) is 18.7 Å². The third-order valence-corrected chi connectivity index (χ3v) is 4.22. The summed E-state index contributed by atoms with van der Waals surface area (Å²) in [4.78, 5) is 14.0. The van der Waals surface area contributed by atoms with Crippen molar-refractivity contribution in [2.24, 2.45) is 0 Å². The van der Waals surface area contributed by atoms with E-state index in [9.17, 15) is 4.79 Å². The van der Waals surface area contributed by atoms with Gasteiger partial charge in [-0.1, -0.05) is 6.92 Å². The van der Waals surface area contributed by atoms with Gasteiger partial charge in [0.2, 0.25) is 0 Å². The van der Waals surface area contributed by atoms with Gasteiger partial charge in [-0.25, -0.2) is 4.79 Å². The lowest BCUT2D eigenvalue weighted by Crippen LogP contribution is -2.05. The minimum atomic E-state index is -0.380. The van der Waals surface area contributed by atoms with Gasteiger partial charge in [-0.3, -0.25) is 0 Å². The molecule has 0 bridgehead atoms. The molecule has 0 aliphatic carbocycles. The highest BCUT2D eigenvalue weighted by atomic mass is 32.1. The molecular formula is C15H18N2O2S. The van der Waals surface area contributed by atoms with Gasteiger partial charge in [-0.2, -0.15) is 0 Å². The van der Waals surface area contributed by atoms with Gasteiger partial charge < -0.3 is 15.8 Å². The molecule has 106 valence electrons. The molecule has 0 aliphatic heterocycles. The summed E-state index contributed by atoms with van der Waals surface area (Å²) in [5.74, 6) is -0.380. The van der Waals surface area contributed by atoms with E-state index in [2.05, 4.69) is 29.1 Å². The Kier molecular flexibility index (Phi) is 4.63. The summed E-state index contributed by atoms with van der Waals surface area (Å²) in [6.45, 7) is 2.87. The zero-order valence-corrected chi connectivity index (χ0v) is 12.4. The molecule has 0 radical (unpaired) electrons. The molecule has 0 amide bonds. The maximum absolute atomic E-state index is 11.4. The first-order valence-corrected chi connectivity index (χ1v) is 7.25. The van der Waals surface area contributed by atoms with Gasteiger partial charge in [0.1, 0.15) is 0 Å². The Morgan fingerprint density at radius 1 is 1.30 bits per heavy atom. The predicted octanol–water partition coefficient (Wildman–Crippen LogP) is 3.29. The van der Waals surface area contributed by atoms with E-state index in [4.69, 9.17) is 5.73 Å². The first-order valence-electron chi connectivity index (χ1n) is 6.43. The van der Waals surface area contributed by atoms with Gasteiger partial charge in [-0.05, 0) is 36.8 Å². The Morgan fingerprint density at radius 3 is 2.65 bits per heavy atom. The van der Waals surface area contributed by atoms with Crippen LogP contribution in [-0.4, -0.2) is 13.1 Å². The number of nitrogens with one attached hydrogen (secondary N) is 1. The van der Waals surface area contributed by atoms with Crippen LogP contribution in [0.5, 0.6) is 0 Å². The van der Waals surface area contributed by atoms with E-state index in [1.807, 2.05) is 0 Å². The average Bonchev–Trinajstić information content (AvgIpc) is 2.93. The van der Waals surface area contributed by atoms with Crippen LogP contribution in [0.15, 0.2) is 30.3 Å². The molecule has 0 atom stereocenters. The number of rotatable bonds is 5. The van der Waals surface area contributed by atoms with Crippen molar-refractivity contribution in [1.82, 2.24) is 0 Å². The highest BCUT2D eigenvalue weighted by Gasteiger charge is 2.08. The molecule has 0 saturated carbocycles. The number of esters is 1. The number of methoxy groups -OCH3 is 1. The SMILES string of the molecule is CCc1ccc(CNc2ccc(C(=O)OC)cc2N)s1. The lowest BCUT2D eigenvalue weighted by molar-refractivity contribution is 0.0601. The third kappa shape index (κ3) is 3.30. The molecule has 2 rings (SSSR count). The second kappa shape index (κ2) is 6.43. The van der Waals surface area contributed by atoms with E-state index in [-0.39, 0.29) is 5.97 Å². The van der Waals surface area contributed by atoms with Gasteiger partial charge >= 0.3 is 5.97 Å². The number of aryl methyl sites for hydroxylation is 1. The summed E-state index contributed by atoms with van der Waals surface area (Å²) in [7, 11) is 1.35. The van der Waals surface area contributed by atoms with Crippen molar-refractivity contribution >= 4 is 28.7 Å². The van der Waals surface area contributed by atoms with Gasteiger partial charge in [0.25, 0.3) is 0 Å². The predicted molar refractivity (Wildman–Crippen MR) is 83.2 cm³/mol. The third-order valence-electron chi connectivity index (χ3n) is 2.99. The number of anilines is 2. The Labute approximate surface area is 122 Å². The van der Waals surface area contributed by atoms with E-state index >= 15 is 0 Å². The fraction of sp³-hybridized carbons (Fsp3) is 0.267. The lowest BCUT2D eigenvalue weighted by atomic mass is 10.1. The van der Waals surface area contributed by atoms with Crippen molar-refractivity contribution < 1.29 is 9.53 Å². The monoisotopic (exact) mass is 290 g/mol. The Morgan fingerprint density at radius 2 is 2.05 bits per heavy atom. The van der Waals surface area contributed by atoms with Crippen LogP contribution < -0.4 is 11.1 Å². The number of carbonyl (C=O) groups is 1. The topological polar surface area (TPSA) is 64.3 Å². The summed E-state index contributed by atoms with van der Waals surface area (Å²) < 4.78 is 4.66. The standard InChI is InChI=1S/C15H18N2O2S/c1-3-11-5-6-12(20-11)9-17-14-7-4-10(8-13(14)16)15(18)19-2/h4-8,17H,3,9,16H2,1-2H3. The molecule has 20 heavy (non-hydrogen) atoms. The number of nitrogen functional groups attached to an aromatic ring is 1. The van der Waals surface area contributed by atoms with Crippen molar-refractivity contribution in [2.45, 2.75) is 19.9 Å². The van der Waals surface area contributed by atoms with E-state index < -0.39 is 0 Å². The number of thiophene rings is 1. The normalized spacial score (nSPS) is 10.3. The molecule has 0 spiro atoms. The summed E-state index contributed by atoms with van der Waals surface area (Å²) >= 11 is 1.79. The van der Waals surface area contributed by atoms with Crippen LogP contribution in [-0.2, 0) is 17.7 Å². The summed E-state index contributed by atoms with van der Waals surface area (Å²) in [5.41, 5.74) is 7.77. The maximum atomic E-state index is 11.4. The number of carbonyl (C=O) groups excluding carboxylic acids is 1. The molecule has 1 heterocycles. The van der Waals surface area contributed by atoms with Crippen LogP contribution in [0, 0.1) is 0 Å². The molecule has 1 aromatic carbocycles. The highest BCUT2D eigenvalue weighted by Crippen LogP contribution is 2.23. The molecule has 1 aromatic heterocycles. The lowest BCUT2D eigenvalue weighted by Gasteiger charge is -2.09. The number of hydrogen-bond acceptors (Lipinski definition) is 5. The minimum Gasteiger partial charge on any atom is -0.465 e. The highest BCUT2D eigenvalue weighted by molar-refractivity contribution is 7.12. The van der Waals surface area contributed by atoms with Gasteiger partial charge in [0, 0.05) is 16.3 Å². The maximum Gasteiger partial charge on any atom is 0.337 e. The van der Waals surface area contributed by atoms with E-state index in [0.29, 0.717) is 11.3 Å². The number of nitrogens with two attached hydrogens (primary N) is 1. The van der Waals surface area contributed by atoms with Crippen LogP contribution in [0.4, 0.5) is 11.4 Å². The largest absolute Gasteiger partial charge is 0.465 e. The molecule has 0 saturated heterocycles. The molecule has 5 heteroatoms. The first kappa shape index (κ1) is 14.4. The molecule has 3 N–H and O–H groups in total. The van der Waals surface area contributed by atoms with Crippen molar-refractivity contribution in [3.05, 3.63) is 45.6 Å². The van der Waals surface area contributed by atoms with Gasteiger partial charge in [0.05, 0.1) is 24.0 Å². The Bertz CT molecular complexity index is 608. The summed E-state index contributed by atoms with van der Waals surface area (Å²) in [5, 5.41) is 3.28. The Balaban J connectivity index is 2.04. The fourth-order valence-corrected chi connectivity index (χ4v) is 2.76. The molecular weight excluding hydrogens is 272 g/mol. The van der Waals surface area contributed by atoms with Crippen LogP contribution in [0.3, 0.4) is 0 Å². The van der Waals surface area contributed by atoms with Crippen molar-refractivity contribution in [3.63, 3.8) is 0 Å². The molecule has 4 nitrogen and oxygen atoms in total. The summed E-state index contributed by atoms with van der Waals surface area (Å²) in [6.07, 6.45) is 1.06. The smallest absolute Gasteiger partial charge is 0.337 e.